The van der Waals surface area contributed by atoms with E-state index >= 15 is 0 Å². The van der Waals surface area contributed by atoms with Gasteiger partial charge in [0.05, 0.1) is 23.7 Å². The molecular weight excluding hydrogens is 484 g/mol. The van der Waals surface area contributed by atoms with E-state index in [4.69, 9.17) is 16.3 Å². The molecule has 0 bridgehead atoms. The molecule has 0 saturated carbocycles. The number of carbonyl (C=O) groups is 2. The van der Waals surface area contributed by atoms with Gasteiger partial charge in [-0.05, 0) is 48.0 Å². The number of aromatic nitrogens is 1. The zero-order valence-electron chi connectivity index (χ0n) is 16.3. The van der Waals surface area contributed by atoms with E-state index in [0.717, 1.165) is 4.47 Å². The van der Waals surface area contributed by atoms with Crippen molar-refractivity contribution in [1.29, 1.82) is 0 Å². The van der Waals surface area contributed by atoms with E-state index in [9.17, 15) is 14.7 Å². The summed E-state index contributed by atoms with van der Waals surface area (Å²) in [5, 5.41) is 11.4. The van der Waals surface area contributed by atoms with Gasteiger partial charge in [-0.1, -0.05) is 39.7 Å². The van der Waals surface area contributed by atoms with Crippen LogP contribution >= 0.6 is 27.5 Å². The minimum atomic E-state index is -0.884. The summed E-state index contributed by atoms with van der Waals surface area (Å²) in [6.45, 7) is 0. The van der Waals surface area contributed by atoms with Gasteiger partial charge in [-0.15, -0.1) is 0 Å². The maximum absolute atomic E-state index is 13.1. The zero-order chi connectivity index (χ0) is 22.1. The first-order valence-electron chi connectivity index (χ1n) is 9.22. The van der Waals surface area contributed by atoms with Crippen LogP contribution in [-0.2, 0) is 9.59 Å². The highest BCUT2D eigenvalue weighted by molar-refractivity contribution is 9.10. The zero-order valence-corrected chi connectivity index (χ0v) is 18.6. The third-order valence-electron chi connectivity index (χ3n) is 4.96. The summed E-state index contributed by atoms with van der Waals surface area (Å²) in [7, 11) is 1.48. The van der Waals surface area contributed by atoms with E-state index < -0.39 is 17.7 Å². The van der Waals surface area contributed by atoms with Gasteiger partial charge in [0.15, 0.2) is 0 Å². The average molecular weight is 500 g/mol. The molecule has 1 aliphatic rings. The number of hydrogen-bond acceptors (Lipinski definition) is 5. The van der Waals surface area contributed by atoms with Crippen LogP contribution in [0.25, 0.3) is 5.76 Å². The standard InChI is InChI=1S/C23H16BrClN2O4/c1-31-16-7-8-18(25)17(11-16)21(28)19-20(13-4-3-9-26-12-13)27(23(30)22(19)29)15-6-2-5-14(24)10-15/h2-12,20,28H,1H3/b21-19+. The molecule has 1 atom stereocenters. The first kappa shape index (κ1) is 21.1. The summed E-state index contributed by atoms with van der Waals surface area (Å²) in [5.74, 6) is -1.50. The van der Waals surface area contributed by atoms with E-state index in [-0.39, 0.29) is 21.9 Å². The molecule has 1 fully saturated rings. The number of ether oxygens (including phenoxy) is 1. The fraction of sp³-hybridized carbons (Fsp3) is 0.0870. The smallest absolute Gasteiger partial charge is 0.300 e. The van der Waals surface area contributed by atoms with Crippen molar-refractivity contribution in [3.8, 4) is 5.75 Å². The molecule has 31 heavy (non-hydrogen) atoms. The second-order valence-corrected chi connectivity index (χ2v) is 8.10. The SMILES string of the molecule is COc1ccc(Cl)c(/C(O)=C2\C(=O)C(=O)N(c3cccc(Br)c3)C2c2cccnc2)c1. The highest BCUT2D eigenvalue weighted by Crippen LogP contribution is 2.43. The van der Waals surface area contributed by atoms with E-state index in [2.05, 4.69) is 20.9 Å². The molecule has 1 aromatic heterocycles. The van der Waals surface area contributed by atoms with Crippen LogP contribution < -0.4 is 9.64 Å². The first-order valence-corrected chi connectivity index (χ1v) is 10.4. The molecule has 4 rings (SSSR count). The molecule has 1 N–H and O–H groups in total. The lowest BCUT2D eigenvalue weighted by atomic mass is 9.96. The Balaban J connectivity index is 1.97. The van der Waals surface area contributed by atoms with E-state index in [1.54, 1.807) is 54.9 Å². The molecule has 1 saturated heterocycles. The third kappa shape index (κ3) is 3.82. The van der Waals surface area contributed by atoms with Crippen LogP contribution in [0.5, 0.6) is 5.75 Å². The minimum absolute atomic E-state index is 0.0758. The first-order chi connectivity index (χ1) is 14.9. The molecule has 3 aromatic rings. The number of nitrogens with zero attached hydrogens (tertiary/aromatic N) is 2. The lowest BCUT2D eigenvalue weighted by molar-refractivity contribution is -0.132. The number of anilines is 1. The number of benzene rings is 2. The molecule has 0 aliphatic carbocycles. The number of ketones is 1. The summed E-state index contributed by atoms with van der Waals surface area (Å²) in [6, 6.07) is 14.3. The summed E-state index contributed by atoms with van der Waals surface area (Å²) in [5.41, 5.74) is 1.19. The van der Waals surface area contributed by atoms with Crippen molar-refractivity contribution in [2.75, 3.05) is 12.0 Å². The van der Waals surface area contributed by atoms with Gasteiger partial charge in [-0.3, -0.25) is 19.5 Å². The van der Waals surface area contributed by atoms with Crippen LogP contribution in [0.15, 0.2) is 77.0 Å². The van der Waals surface area contributed by atoms with Gasteiger partial charge < -0.3 is 9.84 Å². The number of rotatable bonds is 4. The molecule has 0 radical (unpaired) electrons. The van der Waals surface area contributed by atoms with Crippen LogP contribution in [0.4, 0.5) is 5.69 Å². The third-order valence-corrected chi connectivity index (χ3v) is 5.78. The topological polar surface area (TPSA) is 79.7 Å². The number of Topliss-reactive ketones (excluding diaryl/α,β-unsaturated/α-hetero) is 1. The highest BCUT2D eigenvalue weighted by Gasteiger charge is 2.47. The van der Waals surface area contributed by atoms with Crippen LogP contribution in [0.2, 0.25) is 5.02 Å². The lowest BCUT2D eigenvalue weighted by Gasteiger charge is -2.25. The molecule has 6 nitrogen and oxygen atoms in total. The van der Waals surface area contributed by atoms with Gasteiger partial charge in [0.2, 0.25) is 0 Å². The second kappa shape index (κ2) is 8.53. The fourth-order valence-corrected chi connectivity index (χ4v) is 4.13. The minimum Gasteiger partial charge on any atom is -0.507 e. The van der Waals surface area contributed by atoms with Gasteiger partial charge in [0, 0.05) is 28.1 Å². The van der Waals surface area contributed by atoms with E-state index in [1.165, 1.54) is 18.1 Å². The number of hydrogen-bond donors (Lipinski definition) is 1. The molecular formula is C23H16BrClN2O4. The number of pyridine rings is 1. The molecule has 1 unspecified atom stereocenters. The highest BCUT2D eigenvalue weighted by atomic mass is 79.9. The summed E-state index contributed by atoms with van der Waals surface area (Å²) in [6.07, 6.45) is 3.15. The van der Waals surface area contributed by atoms with Crippen LogP contribution in [0.3, 0.4) is 0 Å². The Morgan fingerprint density at radius 1 is 1.16 bits per heavy atom. The Bertz CT molecular complexity index is 1210. The molecule has 156 valence electrons. The number of methoxy groups -OCH3 is 1. The van der Waals surface area contributed by atoms with Gasteiger partial charge in [0.1, 0.15) is 11.5 Å². The van der Waals surface area contributed by atoms with Gasteiger partial charge in [-0.2, -0.15) is 0 Å². The molecule has 2 heterocycles. The predicted octanol–water partition coefficient (Wildman–Crippen LogP) is 5.13. The van der Waals surface area contributed by atoms with Crippen molar-refractivity contribution in [2.45, 2.75) is 6.04 Å². The fourth-order valence-electron chi connectivity index (χ4n) is 3.54. The van der Waals surface area contributed by atoms with Gasteiger partial charge in [-0.25, -0.2) is 0 Å². The predicted molar refractivity (Wildman–Crippen MR) is 121 cm³/mol. The number of carbonyl (C=O) groups excluding carboxylic acids is 2. The number of halogens is 2. The van der Waals surface area contributed by atoms with Crippen molar-refractivity contribution in [1.82, 2.24) is 4.98 Å². The Morgan fingerprint density at radius 2 is 1.97 bits per heavy atom. The lowest BCUT2D eigenvalue weighted by Crippen LogP contribution is -2.29. The summed E-state index contributed by atoms with van der Waals surface area (Å²) >= 11 is 9.70. The van der Waals surface area contributed by atoms with Crippen molar-refractivity contribution < 1.29 is 19.4 Å². The van der Waals surface area contributed by atoms with E-state index in [1.807, 2.05) is 6.07 Å². The molecule has 0 spiro atoms. The second-order valence-electron chi connectivity index (χ2n) is 6.78. The molecule has 1 aliphatic heterocycles. The number of aliphatic hydroxyl groups is 1. The van der Waals surface area contributed by atoms with Crippen molar-refractivity contribution in [3.05, 3.63) is 93.2 Å². The van der Waals surface area contributed by atoms with Crippen molar-refractivity contribution >= 4 is 50.7 Å². The molecule has 1 amide bonds. The van der Waals surface area contributed by atoms with Crippen LogP contribution in [0, 0.1) is 0 Å². The monoisotopic (exact) mass is 498 g/mol. The largest absolute Gasteiger partial charge is 0.507 e. The van der Waals surface area contributed by atoms with Crippen LogP contribution in [-0.4, -0.2) is 28.9 Å². The van der Waals surface area contributed by atoms with E-state index in [0.29, 0.717) is 17.0 Å². The maximum atomic E-state index is 13.1. The quantitative estimate of drug-likeness (QED) is 0.306. The van der Waals surface area contributed by atoms with Crippen molar-refractivity contribution in [2.24, 2.45) is 0 Å². The van der Waals surface area contributed by atoms with Crippen LogP contribution in [0.1, 0.15) is 17.2 Å². The van der Waals surface area contributed by atoms with Gasteiger partial charge >= 0.3 is 0 Å². The molecule has 2 aromatic carbocycles. The Kier molecular flexibility index (Phi) is 5.80. The van der Waals surface area contributed by atoms with Crippen molar-refractivity contribution in [3.63, 3.8) is 0 Å². The number of aliphatic hydroxyl groups excluding tert-OH is 1. The maximum Gasteiger partial charge on any atom is 0.300 e. The summed E-state index contributed by atoms with van der Waals surface area (Å²) < 4.78 is 5.96. The average Bonchev–Trinajstić information content (AvgIpc) is 3.05. The number of amides is 1. The Hall–Kier alpha value is -3.16. The van der Waals surface area contributed by atoms with Gasteiger partial charge in [0.25, 0.3) is 11.7 Å². The Labute approximate surface area is 191 Å². The normalized spacial score (nSPS) is 17.8. The Morgan fingerprint density at radius 3 is 2.65 bits per heavy atom. The molecule has 8 heteroatoms. The summed E-state index contributed by atoms with van der Waals surface area (Å²) in [4.78, 5) is 31.7.